The molecular formula is C19H20ClFN4O3. The first kappa shape index (κ1) is 21.3. The summed E-state index contributed by atoms with van der Waals surface area (Å²) in [6.07, 6.45) is 1.72. The van der Waals surface area contributed by atoms with Gasteiger partial charge in [0.05, 0.1) is 0 Å². The SMILES string of the molecule is CC(=O)N[C@@H](Cc1ccc(F)cc1)C(=O)N[C@@H](Cc1ccc(Cl)nc1)C(N)=O. The fourth-order valence-corrected chi connectivity index (χ4v) is 2.68. The number of aromatic nitrogens is 1. The van der Waals surface area contributed by atoms with E-state index in [1.165, 1.54) is 37.4 Å². The van der Waals surface area contributed by atoms with Crippen molar-refractivity contribution in [3.63, 3.8) is 0 Å². The van der Waals surface area contributed by atoms with E-state index < -0.39 is 35.6 Å². The first-order valence-electron chi connectivity index (χ1n) is 8.46. The van der Waals surface area contributed by atoms with Crippen molar-refractivity contribution < 1.29 is 18.8 Å². The number of carbonyl (C=O) groups is 3. The highest BCUT2D eigenvalue weighted by Gasteiger charge is 2.25. The molecule has 148 valence electrons. The predicted octanol–water partition coefficient (Wildman–Crippen LogP) is 1.13. The number of pyridine rings is 1. The molecule has 9 heteroatoms. The van der Waals surface area contributed by atoms with Crippen LogP contribution in [0.25, 0.3) is 0 Å². The van der Waals surface area contributed by atoms with E-state index in [1.54, 1.807) is 12.1 Å². The number of rotatable bonds is 8. The van der Waals surface area contributed by atoms with E-state index in [0.29, 0.717) is 16.3 Å². The van der Waals surface area contributed by atoms with E-state index in [9.17, 15) is 18.8 Å². The maximum Gasteiger partial charge on any atom is 0.243 e. The molecule has 0 bridgehead atoms. The zero-order valence-corrected chi connectivity index (χ0v) is 15.9. The van der Waals surface area contributed by atoms with Crippen LogP contribution in [0.15, 0.2) is 42.6 Å². The highest BCUT2D eigenvalue weighted by molar-refractivity contribution is 6.29. The van der Waals surface area contributed by atoms with Crippen molar-refractivity contribution in [3.05, 3.63) is 64.7 Å². The number of hydrogen-bond donors (Lipinski definition) is 3. The molecule has 0 saturated carbocycles. The number of carbonyl (C=O) groups excluding carboxylic acids is 3. The lowest BCUT2D eigenvalue weighted by Gasteiger charge is -2.21. The smallest absolute Gasteiger partial charge is 0.243 e. The fraction of sp³-hybridized carbons (Fsp3) is 0.263. The monoisotopic (exact) mass is 406 g/mol. The third kappa shape index (κ3) is 6.62. The molecule has 0 radical (unpaired) electrons. The zero-order valence-electron chi connectivity index (χ0n) is 15.1. The van der Waals surface area contributed by atoms with Gasteiger partial charge in [0, 0.05) is 26.0 Å². The van der Waals surface area contributed by atoms with Crippen molar-refractivity contribution in [2.24, 2.45) is 5.73 Å². The first-order chi connectivity index (χ1) is 13.2. The number of benzene rings is 1. The number of primary amides is 1. The van der Waals surface area contributed by atoms with Crippen LogP contribution in [0.4, 0.5) is 4.39 Å². The molecule has 3 amide bonds. The van der Waals surface area contributed by atoms with Gasteiger partial charge < -0.3 is 16.4 Å². The van der Waals surface area contributed by atoms with Crippen LogP contribution in [0.3, 0.4) is 0 Å². The maximum atomic E-state index is 13.1. The Balaban J connectivity index is 2.11. The summed E-state index contributed by atoms with van der Waals surface area (Å²) in [7, 11) is 0. The molecule has 0 aliphatic heterocycles. The van der Waals surface area contributed by atoms with Crippen LogP contribution in [0, 0.1) is 5.82 Å². The lowest BCUT2D eigenvalue weighted by molar-refractivity contribution is -0.130. The minimum Gasteiger partial charge on any atom is -0.368 e. The number of nitrogens with two attached hydrogens (primary N) is 1. The molecule has 28 heavy (non-hydrogen) atoms. The average molecular weight is 407 g/mol. The Morgan fingerprint density at radius 1 is 1.04 bits per heavy atom. The molecule has 0 aliphatic carbocycles. The van der Waals surface area contributed by atoms with Gasteiger partial charge in [-0.05, 0) is 29.3 Å². The molecule has 0 aliphatic rings. The topological polar surface area (TPSA) is 114 Å². The second kappa shape index (κ2) is 9.80. The highest BCUT2D eigenvalue weighted by atomic mass is 35.5. The first-order valence-corrected chi connectivity index (χ1v) is 8.84. The minimum absolute atomic E-state index is 0.120. The van der Waals surface area contributed by atoms with E-state index in [4.69, 9.17) is 17.3 Å². The second-order valence-corrected chi connectivity index (χ2v) is 6.63. The molecule has 1 heterocycles. The van der Waals surface area contributed by atoms with Crippen LogP contribution in [0.1, 0.15) is 18.1 Å². The van der Waals surface area contributed by atoms with Crippen LogP contribution in [-0.2, 0) is 27.2 Å². The maximum absolute atomic E-state index is 13.1. The van der Waals surface area contributed by atoms with Crippen molar-refractivity contribution >= 4 is 29.3 Å². The Bertz CT molecular complexity index is 843. The van der Waals surface area contributed by atoms with Gasteiger partial charge in [-0.1, -0.05) is 29.8 Å². The molecular weight excluding hydrogens is 387 g/mol. The number of hydrogen-bond acceptors (Lipinski definition) is 4. The van der Waals surface area contributed by atoms with Gasteiger partial charge in [0.15, 0.2) is 0 Å². The third-order valence-electron chi connectivity index (χ3n) is 3.94. The minimum atomic E-state index is -1.00. The number of amides is 3. The molecule has 2 rings (SSSR count). The normalized spacial score (nSPS) is 12.7. The Hall–Kier alpha value is -3.00. The molecule has 0 saturated heterocycles. The molecule has 0 fully saturated rings. The highest BCUT2D eigenvalue weighted by Crippen LogP contribution is 2.09. The second-order valence-electron chi connectivity index (χ2n) is 6.24. The summed E-state index contributed by atoms with van der Waals surface area (Å²) in [6, 6.07) is 6.83. The number of nitrogens with one attached hydrogen (secondary N) is 2. The van der Waals surface area contributed by atoms with E-state index in [0.717, 1.165) is 0 Å². The lowest BCUT2D eigenvalue weighted by atomic mass is 10.0. The Morgan fingerprint density at radius 3 is 2.18 bits per heavy atom. The fourth-order valence-electron chi connectivity index (χ4n) is 2.57. The molecule has 0 spiro atoms. The van der Waals surface area contributed by atoms with Gasteiger partial charge >= 0.3 is 0 Å². The molecule has 0 unspecified atom stereocenters. The van der Waals surface area contributed by atoms with Crippen molar-refractivity contribution in [2.45, 2.75) is 31.8 Å². The summed E-state index contributed by atoms with van der Waals surface area (Å²) in [4.78, 5) is 39.8. The van der Waals surface area contributed by atoms with Gasteiger partial charge in [-0.2, -0.15) is 0 Å². The van der Waals surface area contributed by atoms with Crippen molar-refractivity contribution in [2.75, 3.05) is 0 Å². The summed E-state index contributed by atoms with van der Waals surface area (Å²) >= 11 is 5.74. The van der Waals surface area contributed by atoms with E-state index in [-0.39, 0.29) is 12.8 Å². The standard InChI is InChI=1S/C19H20ClFN4O3/c1-11(26)24-16(8-12-2-5-14(21)6-3-12)19(28)25-15(18(22)27)9-13-4-7-17(20)23-10-13/h2-7,10,15-16H,8-9H2,1H3,(H2,22,27)(H,24,26)(H,25,28)/t15-,16-/m0/s1. The van der Waals surface area contributed by atoms with Crippen LogP contribution in [0.2, 0.25) is 5.15 Å². The van der Waals surface area contributed by atoms with Crippen molar-refractivity contribution in [3.8, 4) is 0 Å². The molecule has 7 nitrogen and oxygen atoms in total. The quantitative estimate of drug-likeness (QED) is 0.570. The zero-order chi connectivity index (χ0) is 20.7. The molecule has 1 aromatic heterocycles. The van der Waals surface area contributed by atoms with Crippen molar-refractivity contribution in [1.82, 2.24) is 15.6 Å². The number of halogens is 2. The van der Waals surface area contributed by atoms with E-state index in [2.05, 4.69) is 15.6 Å². The van der Waals surface area contributed by atoms with Gasteiger partial charge in [0.2, 0.25) is 17.7 Å². The summed E-state index contributed by atoms with van der Waals surface area (Å²) in [5, 5.41) is 5.38. The van der Waals surface area contributed by atoms with Gasteiger partial charge in [0.25, 0.3) is 0 Å². The van der Waals surface area contributed by atoms with Crippen LogP contribution in [-0.4, -0.2) is 34.8 Å². The molecule has 1 aromatic carbocycles. The van der Waals surface area contributed by atoms with Crippen LogP contribution >= 0.6 is 11.6 Å². The lowest BCUT2D eigenvalue weighted by Crippen LogP contribution is -2.54. The Labute approximate surface area is 166 Å². The number of nitrogens with zero attached hydrogens (tertiary/aromatic N) is 1. The van der Waals surface area contributed by atoms with E-state index >= 15 is 0 Å². The Morgan fingerprint density at radius 2 is 1.64 bits per heavy atom. The summed E-state index contributed by atoms with van der Waals surface area (Å²) in [5.41, 5.74) is 6.71. The summed E-state index contributed by atoms with van der Waals surface area (Å²) in [5.74, 6) is -2.13. The predicted molar refractivity (Wildman–Crippen MR) is 102 cm³/mol. The van der Waals surface area contributed by atoms with Crippen molar-refractivity contribution in [1.29, 1.82) is 0 Å². The summed E-state index contributed by atoms with van der Waals surface area (Å²) in [6.45, 7) is 1.27. The van der Waals surface area contributed by atoms with Crippen LogP contribution in [0.5, 0.6) is 0 Å². The van der Waals surface area contributed by atoms with Crippen LogP contribution < -0.4 is 16.4 Å². The molecule has 2 atom stereocenters. The van der Waals surface area contributed by atoms with E-state index in [1.807, 2.05) is 0 Å². The molecule has 2 aromatic rings. The summed E-state index contributed by atoms with van der Waals surface area (Å²) < 4.78 is 13.1. The third-order valence-corrected chi connectivity index (χ3v) is 4.16. The largest absolute Gasteiger partial charge is 0.368 e. The molecule has 4 N–H and O–H groups in total. The van der Waals surface area contributed by atoms with Gasteiger partial charge in [-0.3, -0.25) is 14.4 Å². The Kier molecular flexibility index (Phi) is 7.45. The van der Waals surface area contributed by atoms with Gasteiger partial charge in [-0.15, -0.1) is 0 Å². The van der Waals surface area contributed by atoms with Gasteiger partial charge in [-0.25, -0.2) is 9.37 Å². The van der Waals surface area contributed by atoms with Gasteiger partial charge in [0.1, 0.15) is 23.1 Å². The average Bonchev–Trinajstić information content (AvgIpc) is 2.63.